The van der Waals surface area contributed by atoms with E-state index in [1.165, 1.54) is 0 Å². The number of likely N-dealkylation sites (N-methyl/N-ethyl adjacent to an activating group) is 1. The van der Waals surface area contributed by atoms with Crippen LogP contribution in [0.1, 0.15) is 25.6 Å². The fraction of sp³-hybridized carbons (Fsp3) is 0.750. The zero-order chi connectivity index (χ0) is 13.1. The fourth-order valence-corrected chi connectivity index (χ4v) is 2.83. The van der Waals surface area contributed by atoms with Crippen LogP contribution in [0.2, 0.25) is 0 Å². The maximum absolute atomic E-state index is 10.5. The van der Waals surface area contributed by atoms with Gasteiger partial charge in [-0.2, -0.15) is 5.10 Å². The van der Waals surface area contributed by atoms with Crippen molar-refractivity contribution in [2.75, 3.05) is 26.2 Å². The molecule has 102 valence electrons. The van der Waals surface area contributed by atoms with E-state index in [0.717, 1.165) is 36.3 Å². The van der Waals surface area contributed by atoms with Gasteiger partial charge in [0.1, 0.15) is 12.2 Å². The highest BCUT2D eigenvalue weighted by atomic mass is 79.9. The number of morpholine rings is 1. The summed E-state index contributed by atoms with van der Waals surface area (Å²) in [7, 11) is 0. The molecule has 1 aliphatic heterocycles. The molecule has 5 nitrogen and oxygen atoms in total. The van der Waals surface area contributed by atoms with Crippen molar-refractivity contribution in [3.8, 4) is 0 Å². The second kappa shape index (κ2) is 6.14. The molecule has 1 aromatic rings. The van der Waals surface area contributed by atoms with Crippen molar-refractivity contribution in [2.24, 2.45) is 0 Å². The molecular weight excluding hydrogens is 298 g/mol. The van der Waals surface area contributed by atoms with Crippen LogP contribution >= 0.6 is 15.9 Å². The summed E-state index contributed by atoms with van der Waals surface area (Å²) in [6.07, 6.45) is 0.899. The molecular formula is C12H20BrN3O2. The first-order valence-corrected chi connectivity index (χ1v) is 7.19. The normalized spacial score (nSPS) is 23.2. The molecule has 2 heterocycles. The topological polar surface area (TPSA) is 50.5 Å². The van der Waals surface area contributed by atoms with Crippen LogP contribution in [-0.4, -0.2) is 52.1 Å². The number of rotatable bonds is 4. The van der Waals surface area contributed by atoms with Gasteiger partial charge in [0.05, 0.1) is 23.0 Å². The summed E-state index contributed by atoms with van der Waals surface area (Å²) < 4.78 is 8.35. The van der Waals surface area contributed by atoms with E-state index in [9.17, 15) is 5.11 Å². The molecule has 0 spiro atoms. The van der Waals surface area contributed by atoms with Crippen molar-refractivity contribution in [3.05, 3.63) is 16.4 Å². The molecule has 0 radical (unpaired) electrons. The van der Waals surface area contributed by atoms with Crippen LogP contribution in [0.4, 0.5) is 0 Å². The largest absolute Gasteiger partial charge is 0.384 e. The van der Waals surface area contributed by atoms with E-state index in [-0.39, 0.29) is 6.10 Å². The summed E-state index contributed by atoms with van der Waals surface area (Å²) in [5, 5.41) is 14.7. The molecule has 1 aliphatic rings. The summed E-state index contributed by atoms with van der Waals surface area (Å²) in [6.45, 7) is 8.24. The number of aryl methyl sites for hydroxylation is 1. The predicted octanol–water partition coefficient (Wildman–Crippen LogP) is 1.42. The molecule has 0 saturated carbocycles. The van der Waals surface area contributed by atoms with Gasteiger partial charge in [0.2, 0.25) is 0 Å². The van der Waals surface area contributed by atoms with Gasteiger partial charge in [0.15, 0.2) is 0 Å². The van der Waals surface area contributed by atoms with Gasteiger partial charge < -0.3 is 9.84 Å². The van der Waals surface area contributed by atoms with Gasteiger partial charge in [-0.1, -0.05) is 6.92 Å². The molecule has 1 saturated heterocycles. The molecule has 0 bridgehead atoms. The molecule has 2 atom stereocenters. The van der Waals surface area contributed by atoms with Gasteiger partial charge in [-0.25, -0.2) is 0 Å². The lowest BCUT2D eigenvalue weighted by molar-refractivity contribution is -0.0913. The molecule has 1 N–H and O–H groups in total. The Labute approximate surface area is 116 Å². The van der Waals surface area contributed by atoms with Gasteiger partial charge in [-0.15, -0.1) is 0 Å². The van der Waals surface area contributed by atoms with Crippen molar-refractivity contribution < 1.29 is 9.84 Å². The Balaban J connectivity index is 2.14. The first-order chi connectivity index (χ1) is 8.67. The van der Waals surface area contributed by atoms with E-state index < -0.39 is 6.10 Å². The van der Waals surface area contributed by atoms with Gasteiger partial charge in [0, 0.05) is 19.6 Å². The van der Waals surface area contributed by atoms with Gasteiger partial charge in [-0.3, -0.25) is 9.58 Å². The molecule has 2 unspecified atom stereocenters. The van der Waals surface area contributed by atoms with Crippen LogP contribution < -0.4 is 0 Å². The van der Waals surface area contributed by atoms with Gasteiger partial charge >= 0.3 is 0 Å². The van der Waals surface area contributed by atoms with E-state index in [4.69, 9.17) is 4.74 Å². The first kappa shape index (κ1) is 14.0. The van der Waals surface area contributed by atoms with Crippen LogP contribution in [0.3, 0.4) is 0 Å². The number of hydrogen-bond acceptors (Lipinski definition) is 4. The number of aliphatic hydroxyl groups excluding tert-OH is 1. The van der Waals surface area contributed by atoms with E-state index in [2.05, 4.69) is 32.9 Å². The minimum absolute atomic E-state index is 0.183. The SMILES string of the molecule is CCN1CCOC(C(O)c2c(Br)cnn2CC)C1. The highest BCUT2D eigenvalue weighted by Crippen LogP contribution is 2.28. The molecule has 0 aromatic carbocycles. The summed E-state index contributed by atoms with van der Waals surface area (Å²) in [6, 6.07) is 0. The molecule has 18 heavy (non-hydrogen) atoms. The highest BCUT2D eigenvalue weighted by molar-refractivity contribution is 9.10. The predicted molar refractivity (Wildman–Crippen MR) is 72.4 cm³/mol. The van der Waals surface area contributed by atoms with Crippen molar-refractivity contribution in [2.45, 2.75) is 32.6 Å². The average Bonchev–Trinajstić information content (AvgIpc) is 2.79. The Hall–Kier alpha value is -0.430. The number of aliphatic hydroxyl groups is 1. The van der Waals surface area contributed by atoms with E-state index in [1.807, 2.05) is 11.6 Å². The van der Waals surface area contributed by atoms with Crippen molar-refractivity contribution in [1.82, 2.24) is 14.7 Å². The number of aromatic nitrogens is 2. The Morgan fingerprint density at radius 3 is 3.00 bits per heavy atom. The molecule has 1 aromatic heterocycles. The lowest BCUT2D eigenvalue weighted by atomic mass is 10.1. The number of nitrogens with zero attached hydrogens (tertiary/aromatic N) is 3. The lowest BCUT2D eigenvalue weighted by Gasteiger charge is -2.34. The quantitative estimate of drug-likeness (QED) is 0.912. The Kier molecular flexibility index (Phi) is 4.77. The van der Waals surface area contributed by atoms with E-state index >= 15 is 0 Å². The standard InChI is InChI=1S/C12H20BrN3O2/c1-3-15-5-6-18-10(8-15)12(17)11-9(13)7-14-16(11)4-2/h7,10,12,17H,3-6,8H2,1-2H3. The van der Waals surface area contributed by atoms with Gasteiger partial charge in [-0.05, 0) is 29.4 Å². The van der Waals surface area contributed by atoms with Crippen molar-refractivity contribution in [3.63, 3.8) is 0 Å². The molecule has 0 aliphatic carbocycles. The average molecular weight is 318 g/mol. The minimum atomic E-state index is -0.642. The monoisotopic (exact) mass is 317 g/mol. The second-order valence-corrected chi connectivity index (χ2v) is 5.30. The zero-order valence-electron chi connectivity index (χ0n) is 10.8. The Morgan fingerprint density at radius 1 is 1.56 bits per heavy atom. The number of ether oxygens (including phenoxy) is 1. The Morgan fingerprint density at radius 2 is 2.33 bits per heavy atom. The van der Waals surface area contributed by atoms with Crippen LogP contribution in [0.25, 0.3) is 0 Å². The molecule has 0 amide bonds. The maximum atomic E-state index is 10.5. The third-order valence-corrected chi connectivity index (χ3v) is 4.00. The third-order valence-electron chi connectivity index (χ3n) is 3.39. The fourth-order valence-electron chi connectivity index (χ4n) is 2.30. The first-order valence-electron chi connectivity index (χ1n) is 6.40. The van der Waals surface area contributed by atoms with Crippen LogP contribution in [0.15, 0.2) is 10.7 Å². The maximum Gasteiger partial charge on any atom is 0.124 e. The molecule has 6 heteroatoms. The number of halogens is 1. The van der Waals surface area contributed by atoms with Crippen LogP contribution in [0, 0.1) is 0 Å². The zero-order valence-corrected chi connectivity index (χ0v) is 12.4. The van der Waals surface area contributed by atoms with Crippen LogP contribution in [0.5, 0.6) is 0 Å². The smallest absolute Gasteiger partial charge is 0.124 e. The minimum Gasteiger partial charge on any atom is -0.384 e. The highest BCUT2D eigenvalue weighted by Gasteiger charge is 2.30. The molecule has 2 rings (SSSR count). The van der Waals surface area contributed by atoms with Gasteiger partial charge in [0.25, 0.3) is 0 Å². The Bertz CT molecular complexity index is 397. The summed E-state index contributed by atoms with van der Waals surface area (Å²) in [5.41, 5.74) is 0.806. The summed E-state index contributed by atoms with van der Waals surface area (Å²) >= 11 is 3.44. The van der Waals surface area contributed by atoms with Crippen molar-refractivity contribution >= 4 is 15.9 Å². The van der Waals surface area contributed by atoms with Crippen LogP contribution in [-0.2, 0) is 11.3 Å². The summed E-state index contributed by atoms with van der Waals surface area (Å²) in [4.78, 5) is 2.29. The summed E-state index contributed by atoms with van der Waals surface area (Å²) in [5.74, 6) is 0. The van der Waals surface area contributed by atoms with E-state index in [1.54, 1.807) is 6.20 Å². The lowest BCUT2D eigenvalue weighted by Crippen LogP contribution is -2.45. The van der Waals surface area contributed by atoms with E-state index in [0.29, 0.717) is 6.61 Å². The number of hydrogen-bond donors (Lipinski definition) is 1. The van der Waals surface area contributed by atoms with Crippen molar-refractivity contribution in [1.29, 1.82) is 0 Å². The third kappa shape index (κ3) is 2.77. The second-order valence-electron chi connectivity index (χ2n) is 4.44. The molecule has 1 fully saturated rings.